The predicted molar refractivity (Wildman–Crippen MR) is 110 cm³/mol. The standard InChI is InChI=1S/C19H20FN5O2.CH2O2/c1-22-16-7-13(20)5-12-6-15(18(27)8-14(12)16)17(26)4-11-9-24-19(25-10-11)23-3-2-21;2-1-3/h5-7,9-10,22H,2-4,8,21H2,1H3,(H,23,24,25);1H,(H,2,3). The summed E-state index contributed by atoms with van der Waals surface area (Å²) in [6, 6.07) is 2.67. The van der Waals surface area contributed by atoms with Crippen molar-refractivity contribution in [2.75, 3.05) is 30.8 Å². The molecule has 5 N–H and O–H groups in total. The summed E-state index contributed by atoms with van der Waals surface area (Å²) < 4.78 is 13.8. The van der Waals surface area contributed by atoms with Gasteiger partial charge in [-0.3, -0.25) is 14.4 Å². The van der Waals surface area contributed by atoms with Crippen LogP contribution in [0.25, 0.3) is 6.08 Å². The summed E-state index contributed by atoms with van der Waals surface area (Å²) in [6.07, 6.45) is 4.58. The molecule has 1 aliphatic rings. The molecule has 3 rings (SSSR count). The fourth-order valence-corrected chi connectivity index (χ4v) is 2.94. The number of nitrogens with zero attached hydrogens (tertiary/aromatic N) is 2. The molecule has 158 valence electrons. The summed E-state index contributed by atoms with van der Waals surface area (Å²) in [6.45, 7) is 0.751. The van der Waals surface area contributed by atoms with Gasteiger partial charge in [0.1, 0.15) is 5.82 Å². The van der Waals surface area contributed by atoms with E-state index in [1.165, 1.54) is 30.6 Å². The number of hydrogen-bond acceptors (Lipinski definition) is 8. The van der Waals surface area contributed by atoms with Gasteiger partial charge in [0.15, 0.2) is 11.6 Å². The average Bonchev–Trinajstić information content (AvgIpc) is 2.73. The molecule has 30 heavy (non-hydrogen) atoms. The molecule has 10 heteroatoms. The maximum atomic E-state index is 13.8. The van der Waals surface area contributed by atoms with Crippen LogP contribution in [-0.4, -0.2) is 53.3 Å². The molecule has 1 heterocycles. The lowest BCUT2D eigenvalue weighted by Crippen LogP contribution is -2.21. The van der Waals surface area contributed by atoms with Crippen LogP contribution >= 0.6 is 0 Å². The molecule has 0 amide bonds. The van der Waals surface area contributed by atoms with Gasteiger partial charge in [0.25, 0.3) is 6.47 Å². The first kappa shape index (κ1) is 22.6. The maximum absolute atomic E-state index is 13.8. The van der Waals surface area contributed by atoms with Crippen molar-refractivity contribution in [2.45, 2.75) is 12.8 Å². The van der Waals surface area contributed by atoms with E-state index < -0.39 is 5.82 Å². The van der Waals surface area contributed by atoms with Gasteiger partial charge >= 0.3 is 0 Å². The minimum Gasteiger partial charge on any atom is -0.483 e. The van der Waals surface area contributed by atoms with Crippen LogP contribution < -0.4 is 16.4 Å². The molecule has 2 aromatic rings. The third kappa shape index (κ3) is 5.67. The lowest BCUT2D eigenvalue weighted by Gasteiger charge is -2.18. The van der Waals surface area contributed by atoms with Gasteiger partial charge in [-0.15, -0.1) is 0 Å². The summed E-state index contributed by atoms with van der Waals surface area (Å²) in [5, 5.41) is 12.7. The molecule has 1 aliphatic carbocycles. The van der Waals surface area contributed by atoms with Crippen molar-refractivity contribution >= 4 is 35.8 Å². The van der Waals surface area contributed by atoms with Crippen molar-refractivity contribution in [1.29, 1.82) is 0 Å². The Balaban J connectivity index is 0.00000101. The minimum absolute atomic E-state index is 0.00171. The summed E-state index contributed by atoms with van der Waals surface area (Å²) >= 11 is 0. The van der Waals surface area contributed by atoms with Crippen LogP contribution in [0.4, 0.5) is 16.0 Å². The highest BCUT2D eigenvalue weighted by molar-refractivity contribution is 6.25. The van der Waals surface area contributed by atoms with Gasteiger partial charge in [0.2, 0.25) is 5.95 Å². The molecule has 0 spiro atoms. The number of carboxylic acid groups (broad SMARTS) is 1. The van der Waals surface area contributed by atoms with E-state index in [4.69, 9.17) is 15.6 Å². The zero-order valence-electron chi connectivity index (χ0n) is 16.3. The van der Waals surface area contributed by atoms with Crippen molar-refractivity contribution in [1.82, 2.24) is 9.97 Å². The number of nitrogens with two attached hydrogens (primary N) is 1. The van der Waals surface area contributed by atoms with E-state index in [-0.39, 0.29) is 36.5 Å². The van der Waals surface area contributed by atoms with Gasteiger partial charge in [0.05, 0.1) is 5.57 Å². The smallest absolute Gasteiger partial charge is 0.290 e. The molecule has 1 aromatic carbocycles. The lowest BCUT2D eigenvalue weighted by molar-refractivity contribution is -0.123. The number of halogens is 1. The molecule has 0 unspecified atom stereocenters. The molecule has 0 bridgehead atoms. The number of anilines is 2. The molecule has 0 radical (unpaired) electrons. The normalized spacial score (nSPS) is 12.1. The largest absolute Gasteiger partial charge is 0.483 e. The third-order valence-electron chi connectivity index (χ3n) is 4.25. The fraction of sp³-hybridized carbons (Fsp3) is 0.250. The zero-order valence-corrected chi connectivity index (χ0v) is 16.3. The second-order valence-corrected chi connectivity index (χ2v) is 6.26. The minimum atomic E-state index is -0.426. The number of Topliss-reactive ketones (excluding diaryl/α,β-unsaturated/α-hetero) is 2. The summed E-state index contributed by atoms with van der Waals surface area (Å²) in [7, 11) is 1.66. The number of hydrogen-bond donors (Lipinski definition) is 4. The Morgan fingerprint density at radius 2 is 2.00 bits per heavy atom. The van der Waals surface area contributed by atoms with Crippen LogP contribution in [0.3, 0.4) is 0 Å². The van der Waals surface area contributed by atoms with Crippen LogP contribution in [0.2, 0.25) is 0 Å². The van der Waals surface area contributed by atoms with Crippen LogP contribution in [0, 0.1) is 5.82 Å². The second-order valence-electron chi connectivity index (χ2n) is 6.26. The Kier molecular flexibility index (Phi) is 8.12. The number of carbonyl (C=O) groups excluding carboxylic acids is 2. The number of nitrogens with one attached hydrogen (secondary N) is 2. The first-order chi connectivity index (χ1) is 14.4. The Morgan fingerprint density at radius 3 is 2.60 bits per heavy atom. The Labute approximate surface area is 172 Å². The maximum Gasteiger partial charge on any atom is 0.290 e. The summed E-state index contributed by atoms with van der Waals surface area (Å²) in [4.78, 5) is 41.6. The van der Waals surface area contributed by atoms with Gasteiger partial charge in [-0.2, -0.15) is 0 Å². The van der Waals surface area contributed by atoms with Crippen LogP contribution in [0.5, 0.6) is 0 Å². The van der Waals surface area contributed by atoms with Crippen molar-refractivity contribution in [3.63, 3.8) is 0 Å². The topological polar surface area (TPSA) is 147 Å². The first-order valence-corrected chi connectivity index (χ1v) is 9.04. The van der Waals surface area contributed by atoms with E-state index in [2.05, 4.69) is 20.6 Å². The van der Waals surface area contributed by atoms with Gasteiger partial charge in [-0.25, -0.2) is 14.4 Å². The van der Waals surface area contributed by atoms with Crippen LogP contribution in [-0.2, 0) is 27.2 Å². The Hall–Kier alpha value is -3.66. The van der Waals surface area contributed by atoms with E-state index in [9.17, 15) is 14.0 Å². The highest BCUT2D eigenvalue weighted by Gasteiger charge is 2.26. The van der Waals surface area contributed by atoms with E-state index in [0.29, 0.717) is 41.4 Å². The monoisotopic (exact) mass is 415 g/mol. The van der Waals surface area contributed by atoms with Gasteiger partial charge in [-0.05, 0) is 34.9 Å². The van der Waals surface area contributed by atoms with Crippen molar-refractivity contribution < 1.29 is 23.9 Å². The number of aromatic nitrogens is 2. The molecule has 0 aliphatic heterocycles. The van der Waals surface area contributed by atoms with E-state index in [1.807, 2.05) is 0 Å². The quantitative estimate of drug-likeness (QED) is 0.385. The van der Waals surface area contributed by atoms with Crippen molar-refractivity contribution in [2.24, 2.45) is 5.73 Å². The number of allylic oxidation sites excluding steroid dienone is 1. The average molecular weight is 415 g/mol. The number of rotatable bonds is 7. The SMILES string of the molecule is CNc1cc(F)cc2c1CC(=O)C(C(=O)Cc1cnc(NCCN)nc1)=C2.O=CO. The third-order valence-corrected chi connectivity index (χ3v) is 4.25. The molecule has 1 aromatic heterocycles. The first-order valence-electron chi connectivity index (χ1n) is 9.04. The van der Waals surface area contributed by atoms with E-state index in [0.717, 1.165) is 0 Å². The highest BCUT2D eigenvalue weighted by atomic mass is 19.1. The Morgan fingerprint density at radius 1 is 1.33 bits per heavy atom. The second kappa shape index (κ2) is 10.8. The number of carbonyl (C=O) groups is 3. The molecule has 0 saturated heterocycles. The summed E-state index contributed by atoms with van der Waals surface area (Å²) in [5.41, 5.74) is 7.85. The van der Waals surface area contributed by atoms with Crippen molar-refractivity contribution in [3.05, 3.63) is 52.6 Å². The van der Waals surface area contributed by atoms with Gasteiger partial charge in [-0.1, -0.05) is 0 Å². The van der Waals surface area contributed by atoms with Gasteiger partial charge in [0, 0.05) is 51.1 Å². The molecular formula is C20H22FN5O4. The zero-order chi connectivity index (χ0) is 22.1. The van der Waals surface area contributed by atoms with Crippen LogP contribution in [0.1, 0.15) is 16.7 Å². The molecule has 0 atom stereocenters. The lowest BCUT2D eigenvalue weighted by atomic mass is 9.87. The van der Waals surface area contributed by atoms with Gasteiger partial charge < -0.3 is 21.5 Å². The highest BCUT2D eigenvalue weighted by Crippen LogP contribution is 2.30. The number of benzene rings is 1. The molecular weight excluding hydrogens is 393 g/mol. The van der Waals surface area contributed by atoms with E-state index >= 15 is 0 Å². The fourth-order valence-electron chi connectivity index (χ4n) is 2.94. The number of fused-ring (bicyclic) bond motifs is 1. The predicted octanol–water partition coefficient (Wildman–Crippen LogP) is 1.05. The number of ketones is 2. The van der Waals surface area contributed by atoms with Crippen LogP contribution in [0.15, 0.2) is 30.1 Å². The van der Waals surface area contributed by atoms with Crippen molar-refractivity contribution in [3.8, 4) is 0 Å². The molecule has 0 saturated carbocycles. The summed E-state index contributed by atoms with van der Waals surface area (Å²) in [5.74, 6) is -0.622. The Bertz CT molecular complexity index is 960. The molecule has 0 fully saturated rings. The molecule has 9 nitrogen and oxygen atoms in total. The van der Waals surface area contributed by atoms with E-state index in [1.54, 1.807) is 7.05 Å².